The van der Waals surface area contributed by atoms with Crippen LogP contribution in [0.15, 0.2) is 20.8 Å². The number of halogens is 1. The number of fused-ring (bicyclic) bond motifs is 1. The Morgan fingerprint density at radius 2 is 2.17 bits per heavy atom. The minimum atomic E-state index is 0.323. The van der Waals surface area contributed by atoms with E-state index in [4.69, 9.17) is 0 Å². The van der Waals surface area contributed by atoms with Crippen LogP contribution in [0.1, 0.15) is 26.2 Å². The van der Waals surface area contributed by atoms with Crippen LogP contribution in [0.3, 0.4) is 0 Å². The Balaban J connectivity index is 1.85. The predicted octanol–water partition coefficient (Wildman–Crippen LogP) is 2.22. The monoisotopic (exact) mass is 310 g/mol. The zero-order chi connectivity index (χ0) is 12.5. The number of aliphatic imine (C=N–C) groups is 1. The maximum atomic E-state index is 4.58. The van der Waals surface area contributed by atoms with Gasteiger partial charge in [-0.3, -0.25) is 9.91 Å². The average molecular weight is 311 g/mol. The summed E-state index contributed by atoms with van der Waals surface area (Å²) in [5.74, 6) is 0. The number of rotatable bonds is 3. The van der Waals surface area contributed by atoms with Crippen LogP contribution in [0.4, 0.5) is 0 Å². The van der Waals surface area contributed by atoms with Gasteiger partial charge in [-0.1, -0.05) is 6.92 Å². The maximum Gasteiger partial charge on any atom is 0.110 e. The molecule has 3 rings (SSSR count). The van der Waals surface area contributed by atoms with Crippen LogP contribution in [-0.4, -0.2) is 53.6 Å². The van der Waals surface area contributed by atoms with Gasteiger partial charge in [-0.15, -0.1) is 0 Å². The van der Waals surface area contributed by atoms with Crippen LogP contribution in [-0.2, 0) is 0 Å². The summed E-state index contributed by atoms with van der Waals surface area (Å²) in [6.07, 6.45) is 7.93. The fraction of sp³-hybridized carbons (Fsp3) is 0.692. The molecule has 0 aromatic rings. The van der Waals surface area contributed by atoms with Crippen molar-refractivity contribution in [3.8, 4) is 0 Å². The van der Waals surface area contributed by atoms with Crippen molar-refractivity contribution in [2.45, 2.75) is 38.3 Å². The van der Waals surface area contributed by atoms with Crippen LogP contribution in [0.2, 0.25) is 0 Å². The Labute approximate surface area is 117 Å². The van der Waals surface area contributed by atoms with Gasteiger partial charge in [0.15, 0.2) is 0 Å². The molecule has 0 radical (unpaired) electrons. The quantitative estimate of drug-likeness (QED) is 0.749. The highest BCUT2D eigenvalue weighted by molar-refractivity contribution is 9.11. The van der Waals surface area contributed by atoms with Gasteiger partial charge >= 0.3 is 0 Å². The molecule has 0 aromatic heterocycles. The summed E-state index contributed by atoms with van der Waals surface area (Å²) < 4.78 is 0.954. The Morgan fingerprint density at radius 1 is 1.39 bits per heavy atom. The van der Waals surface area contributed by atoms with E-state index in [1.807, 2.05) is 6.21 Å². The van der Waals surface area contributed by atoms with E-state index in [0.29, 0.717) is 12.1 Å². The van der Waals surface area contributed by atoms with Crippen LogP contribution in [0, 0.1) is 0 Å². The van der Waals surface area contributed by atoms with Crippen LogP contribution >= 0.6 is 15.9 Å². The summed E-state index contributed by atoms with van der Waals surface area (Å²) in [6.45, 7) is 5.61. The number of likely N-dealkylation sites (tertiary alicyclic amines) is 1. The summed E-state index contributed by atoms with van der Waals surface area (Å²) in [4.78, 5) is 7.14. The molecule has 1 fully saturated rings. The zero-order valence-electron chi connectivity index (χ0n) is 10.7. The number of hydrazone groups is 1. The highest BCUT2D eigenvalue weighted by atomic mass is 79.9. The largest absolute Gasteiger partial charge is 0.294 e. The van der Waals surface area contributed by atoms with Crippen LogP contribution in [0.5, 0.6) is 0 Å². The van der Waals surface area contributed by atoms with Crippen molar-refractivity contribution in [1.82, 2.24) is 9.91 Å². The predicted molar refractivity (Wildman–Crippen MR) is 78.3 cm³/mol. The third-order valence-electron chi connectivity index (χ3n) is 3.85. The number of hydrogen-bond donors (Lipinski definition) is 0. The molecular weight excluding hydrogens is 292 g/mol. The zero-order valence-corrected chi connectivity index (χ0v) is 12.3. The van der Waals surface area contributed by atoms with E-state index >= 15 is 0 Å². The third-order valence-corrected chi connectivity index (χ3v) is 4.29. The molecule has 3 aliphatic heterocycles. The van der Waals surface area contributed by atoms with Gasteiger partial charge in [0.05, 0.1) is 18.0 Å². The van der Waals surface area contributed by atoms with E-state index in [2.05, 4.69) is 48.9 Å². The summed E-state index contributed by atoms with van der Waals surface area (Å²) >= 11 is 3.54. The van der Waals surface area contributed by atoms with E-state index in [1.165, 1.54) is 25.9 Å². The molecule has 1 saturated heterocycles. The second-order valence-electron chi connectivity index (χ2n) is 5.11. The van der Waals surface area contributed by atoms with Crippen molar-refractivity contribution in [3.05, 3.63) is 10.7 Å². The van der Waals surface area contributed by atoms with Gasteiger partial charge in [0.25, 0.3) is 0 Å². The molecule has 0 bridgehead atoms. The number of hydrogen-bond acceptors (Lipinski definition) is 4. The fourth-order valence-electron chi connectivity index (χ4n) is 3.04. The molecule has 0 amide bonds. The summed E-state index contributed by atoms with van der Waals surface area (Å²) in [6, 6.07) is 0.743. The normalized spacial score (nSPS) is 31.6. The van der Waals surface area contributed by atoms with Crippen molar-refractivity contribution >= 4 is 27.9 Å². The fourth-order valence-corrected chi connectivity index (χ4v) is 3.52. The SMILES string of the molecule is CCCN1N=CC2=NC(Br)=CC(N3CCCC3)C21. The van der Waals surface area contributed by atoms with E-state index in [-0.39, 0.29) is 0 Å². The Kier molecular flexibility index (Phi) is 3.52. The lowest BCUT2D eigenvalue weighted by molar-refractivity contribution is 0.165. The number of nitrogens with zero attached hydrogens (tertiary/aromatic N) is 4. The van der Waals surface area contributed by atoms with E-state index in [1.54, 1.807) is 0 Å². The van der Waals surface area contributed by atoms with Crippen molar-refractivity contribution in [2.75, 3.05) is 19.6 Å². The third kappa shape index (κ3) is 2.14. The van der Waals surface area contributed by atoms with E-state index < -0.39 is 0 Å². The summed E-state index contributed by atoms with van der Waals surface area (Å²) in [5, 5.41) is 6.73. The second-order valence-corrected chi connectivity index (χ2v) is 5.92. The van der Waals surface area contributed by atoms with Gasteiger partial charge in [0.2, 0.25) is 0 Å². The first-order valence-corrected chi connectivity index (χ1v) is 7.59. The molecule has 0 saturated carbocycles. The molecule has 0 N–H and O–H groups in total. The highest BCUT2D eigenvalue weighted by Gasteiger charge is 2.39. The molecule has 0 spiro atoms. The molecular formula is C13H19BrN4. The van der Waals surface area contributed by atoms with Crippen molar-refractivity contribution in [3.63, 3.8) is 0 Å². The molecule has 98 valence electrons. The lowest BCUT2D eigenvalue weighted by atomic mass is 10.00. The highest BCUT2D eigenvalue weighted by Crippen LogP contribution is 2.29. The standard InChI is InChI=1S/C13H19BrN4/c1-2-5-18-13-10(9-15-18)16-12(14)8-11(13)17-6-3-4-7-17/h8-9,11,13H,2-7H2,1H3. The van der Waals surface area contributed by atoms with Gasteiger partial charge < -0.3 is 0 Å². The molecule has 0 aliphatic carbocycles. The second kappa shape index (κ2) is 5.13. The lowest BCUT2D eigenvalue weighted by Crippen LogP contribution is -2.51. The lowest BCUT2D eigenvalue weighted by Gasteiger charge is -2.36. The van der Waals surface area contributed by atoms with Crippen molar-refractivity contribution < 1.29 is 0 Å². The topological polar surface area (TPSA) is 31.2 Å². The Hall–Kier alpha value is -0.680. The Bertz CT molecular complexity index is 409. The molecule has 0 aromatic carbocycles. The molecule has 2 unspecified atom stereocenters. The first-order chi connectivity index (χ1) is 8.79. The van der Waals surface area contributed by atoms with Gasteiger partial charge in [-0.05, 0) is 54.4 Å². The van der Waals surface area contributed by atoms with Crippen molar-refractivity contribution in [1.29, 1.82) is 0 Å². The van der Waals surface area contributed by atoms with Crippen LogP contribution < -0.4 is 0 Å². The minimum absolute atomic E-state index is 0.323. The molecule has 18 heavy (non-hydrogen) atoms. The summed E-state index contributed by atoms with van der Waals surface area (Å²) in [7, 11) is 0. The van der Waals surface area contributed by atoms with Gasteiger partial charge in [-0.25, -0.2) is 4.99 Å². The molecule has 3 aliphatic rings. The molecule has 3 heterocycles. The van der Waals surface area contributed by atoms with Gasteiger partial charge in [0, 0.05) is 6.54 Å². The first-order valence-electron chi connectivity index (χ1n) is 6.80. The first kappa shape index (κ1) is 12.4. The minimum Gasteiger partial charge on any atom is -0.294 e. The smallest absolute Gasteiger partial charge is 0.110 e. The van der Waals surface area contributed by atoms with E-state index in [9.17, 15) is 0 Å². The van der Waals surface area contributed by atoms with Gasteiger partial charge in [-0.2, -0.15) is 5.10 Å². The molecule has 5 heteroatoms. The van der Waals surface area contributed by atoms with Crippen molar-refractivity contribution in [2.24, 2.45) is 10.1 Å². The maximum absolute atomic E-state index is 4.58. The molecule has 2 atom stereocenters. The van der Waals surface area contributed by atoms with E-state index in [0.717, 1.165) is 23.3 Å². The Morgan fingerprint density at radius 3 is 2.89 bits per heavy atom. The van der Waals surface area contributed by atoms with Crippen LogP contribution in [0.25, 0.3) is 0 Å². The molecule has 4 nitrogen and oxygen atoms in total. The van der Waals surface area contributed by atoms with Gasteiger partial charge in [0.1, 0.15) is 10.6 Å². The average Bonchev–Trinajstić information content (AvgIpc) is 2.98. The summed E-state index contributed by atoms with van der Waals surface area (Å²) in [5.41, 5.74) is 1.11.